The van der Waals surface area contributed by atoms with Crippen LogP contribution in [-0.2, 0) is 21.2 Å². The second kappa shape index (κ2) is 10.4. The number of fused-ring (bicyclic) bond motifs is 1. The summed E-state index contributed by atoms with van der Waals surface area (Å²) in [5.41, 5.74) is 1.29. The highest BCUT2D eigenvalue weighted by Crippen LogP contribution is 2.31. The van der Waals surface area contributed by atoms with Crippen LogP contribution in [0, 0.1) is 5.82 Å². The molecule has 1 aliphatic heterocycles. The van der Waals surface area contributed by atoms with Crippen molar-refractivity contribution in [1.29, 1.82) is 0 Å². The topological polar surface area (TPSA) is 134 Å². The van der Waals surface area contributed by atoms with Gasteiger partial charge in [-0.2, -0.15) is 0 Å². The Hall–Kier alpha value is -3.68. The van der Waals surface area contributed by atoms with Gasteiger partial charge in [-0.15, -0.1) is 11.3 Å². The zero-order valence-electron chi connectivity index (χ0n) is 19.4. The van der Waals surface area contributed by atoms with Crippen LogP contribution in [-0.4, -0.2) is 47.0 Å². The Balaban J connectivity index is 1.60. The van der Waals surface area contributed by atoms with Crippen LogP contribution in [0.15, 0.2) is 46.7 Å². The Morgan fingerprint density at radius 2 is 1.89 bits per heavy atom. The number of benzene rings is 2. The minimum absolute atomic E-state index is 0.0536. The first-order valence-corrected chi connectivity index (χ1v) is 13.4. The highest BCUT2D eigenvalue weighted by molar-refractivity contribution is 7.92. The lowest BCUT2D eigenvalue weighted by Crippen LogP contribution is -2.38. The molecular formula is C23H20ClFN4O6S2. The number of urea groups is 1. The number of carbonyl (C=O) groups is 3. The molecular weight excluding hydrogens is 547 g/mol. The molecule has 0 bridgehead atoms. The Morgan fingerprint density at radius 1 is 1.14 bits per heavy atom. The number of sulfonamides is 1. The van der Waals surface area contributed by atoms with E-state index in [1.807, 2.05) is 4.72 Å². The molecule has 2 aromatic carbocycles. The molecule has 37 heavy (non-hydrogen) atoms. The molecule has 10 nitrogen and oxygen atoms in total. The number of carbonyl (C=O) groups excluding carboxylic acids is 3. The summed E-state index contributed by atoms with van der Waals surface area (Å²) < 4.78 is 45.8. The first-order chi connectivity index (χ1) is 17.5. The molecule has 3 N–H and O–H groups in total. The average molecular weight is 567 g/mol. The normalized spacial score (nSPS) is 13.1. The summed E-state index contributed by atoms with van der Waals surface area (Å²) in [5.74, 6) is -1.87. The third-order valence-corrected chi connectivity index (χ3v) is 8.61. The second-order valence-corrected chi connectivity index (χ2v) is 11.4. The summed E-state index contributed by atoms with van der Waals surface area (Å²) in [5, 5.41) is 5.06. The zero-order valence-corrected chi connectivity index (χ0v) is 21.8. The molecule has 2 heterocycles. The average Bonchev–Trinajstić information content (AvgIpc) is 3.31. The Bertz CT molecular complexity index is 1530. The van der Waals surface area contributed by atoms with E-state index in [2.05, 4.69) is 10.6 Å². The number of hydrogen-bond donors (Lipinski definition) is 3. The molecule has 0 saturated carbocycles. The van der Waals surface area contributed by atoms with Crippen molar-refractivity contribution in [2.75, 3.05) is 36.2 Å². The first kappa shape index (κ1) is 26.4. The number of esters is 1. The third kappa shape index (κ3) is 5.38. The monoisotopic (exact) mass is 566 g/mol. The molecule has 0 spiro atoms. The van der Waals surface area contributed by atoms with Crippen LogP contribution >= 0.6 is 22.9 Å². The summed E-state index contributed by atoms with van der Waals surface area (Å²) in [4.78, 5) is 39.4. The fraction of sp³-hybridized carbons (Fsp3) is 0.174. The van der Waals surface area contributed by atoms with E-state index >= 15 is 0 Å². The second-order valence-electron chi connectivity index (χ2n) is 7.79. The molecule has 3 amide bonds. The lowest BCUT2D eigenvalue weighted by molar-refractivity contribution is 0.0601. The smallest absolute Gasteiger partial charge is 0.340 e. The van der Waals surface area contributed by atoms with Crippen molar-refractivity contribution in [3.05, 3.63) is 69.3 Å². The number of nitrogens with one attached hydrogen (secondary N) is 3. The number of thiophene rings is 1. The Morgan fingerprint density at radius 3 is 2.54 bits per heavy atom. The van der Waals surface area contributed by atoms with Gasteiger partial charge in [0.15, 0.2) is 0 Å². The van der Waals surface area contributed by atoms with E-state index in [1.54, 1.807) is 13.1 Å². The molecule has 3 aromatic rings. The zero-order chi connectivity index (χ0) is 26.9. The largest absolute Gasteiger partial charge is 0.465 e. The van der Waals surface area contributed by atoms with Gasteiger partial charge in [0.2, 0.25) is 0 Å². The molecule has 0 saturated heterocycles. The molecule has 194 valence electrons. The number of anilines is 3. The van der Waals surface area contributed by atoms with Gasteiger partial charge in [0.25, 0.3) is 15.9 Å². The first-order valence-electron chi connectivity index (χ1n) is 10.7. The van der Waals surface area contributed by atoms with Crippen molar-refractivity contribution < 1.29 is 31.9 Å². The lowest BCUT2D eigenvalue weighted by Gasteiger charge is -2.29. The molecule has 0 fully saturated rings. The van der Waals surface area contributed by atoms with E-state index in [0.717, 1.165) is 18.4 Å². The highest BCUT2D eigenvalue weighted by atomic mass is 35.5. The van der Waals surface area contributed by atoms with Gasteiger partial charge in [0.05, 0.1) is 28.4 Å². The summed E-state index contributed by atoms with van der Waals surface area (Å²) in [6, 6.07) is 8.39. The van der Waals surface area contributed by atoms with Gasteiger partial charge in [0, 0.05) is 24.8 Å². The van der Waals surface area contributed by atoms with Crippen molar-refractivity contribution in [2.24, 2.45) is 0 Å². The standard InChI is InChI=1S/C23H20ClFN4O6S2/c1-26-18-9-12-7-8-29(21(30)14(12)11-16(18)25)13-3-4-17(15(10-13)22(31)35-2)27-23(32)28-37(33,34)20-6-5-19(24)36-20/h3-6,9-11,26H,7-8H2,1-2H3,(H2,27,28,32). The lowest BCUT2D eigenvalue weighted by atomic mass is 9.97. The molecule has 4 rings (SSSR count). The van der Waals surface area contributed by atoms with Crippen LogP contribution in [0.1, 0.15) is 26.3 Å². The van der Waals surface area contributed by atoms with Crippen LogP contribution in [0.4, 0.5) is 26.2 Å². The van der Waals surface area contributed by atoms with Crippen LogP contribution in [0.3, 0.4) is 0 Å². The molecule has 1 aromatic heterocycles. The van der Waals surface area contributed by atoms with Crippen molar-refractivity contribution in [2.45, 2.75) is 10.6 Å². The van der Waals surface area contributed by atoms with E-state index in [-0.39, 0.29) is 37.6 Å². The fourth-order valence-electron chi connectivity index (χ4n) is 3.79. The SMILES string of the molecule is CNc1cc2c(cc1F)C(=O)N(c1ccc(NC(=O)NS(=O)(=O)c3ccc(Cl)s3)c(C(=O)OC)c1)CC2. The third-order valence-electron chi connectivity index (χ3n) is 5.55. The quantitative estimate of drug-likeness (QED) is 0.383. The van der Waals surface area contributed by atoms with Gasteiger partial charge in [0.1, 0.15) is 10.0 Å². The van der Waals surface area contributed by atoms with Gasteiger partial charge in [-0.05, 0) is 54.4 Å². The number of hydrogen-bond acceptors (Lipinski definition) is 8. The van der Waals surface area contributed by atoms with E-state index in [1.165, 1.54) is 41.3 Å². The van der Waals surface area contributed by atoms with E-state index in [0.29, 0.717) is 17.7 Å². The molecule has 0 unspecified atom stereocenters. The number of ether oxygens (including phenoxy) is 1. The van der Waals surface area contributed by atoms with Crippen molar-refractivity contribution in [3.63, 3.8) is 0 Å². The van der Waals surface area contributed by atoms with Gasteiger partial charge < -0.3 is 20.3 Å². The van der Waals surface area contributed by atoms with Crippen LogP contribution in [0.5, 0.6) is 0 Å². The van der Waals surface area contributed by atoms with Crippen molar-refractivity contribution in [3.8, 4) is 0 Å². The summed E-state index contributed by atoms with van der Waals surface area (Å²) in [6.07, 6.45) is 0.441. The van der Waals surface area contributed by atoms with Crippen molar-refractivity contribution >= 4 is 67.9 Å². The molecule has 0 atom stereocenters. The number of methoxy groups -OCH3 is 1. The molecule has 14 heteroatoms. The Labute approximate surface area is 220 Å². The molecule has 1 aliphatic rings. The van der Waals surface area contributed by atoms with E-state index < -0.39 is 33.7 Å². The van der Waals surface area contributed by atoms with E-state index in [9.17, 15) is 27.2 Å². The van der Waals surface area contributed by atoms with Crippen LogP contribution < -0.4 is 20.3 Å². The maximum Gasteiger partial charge on any atom is 0.340 e. The Kier molecular flexibility index (Phi) is 7.39. The number of amides is 3. The molecule has 0 aliphatic carbocycles. The van der Waals surface area contributed by atoms with Crippen molar-refractivity contribution in [1.82, 2.24) is 4.72 Å². The highest BCUT2D eigenvalue weighted by Gasteiger charge is 2.29. The number of nitrogens with zero attached hydrogens (tertiary/aromatic N) is 1. The minimum atomic E-state index is -4.20. The van der Waals surface area contributed by atoms with Gasteiger partial charge in [-0.1, -0.05) is 11.6 Å². The maximum absolute atomic E-state index is 14.3. The minimum Gasteiger partial charge on any atom is -0.465 e. The predicted octanol–water partition coefficient (Wildman–Crippen LogP) is 4.08. The predicted molar refractivity (Wildman–Crippen MR) is 138 cm³/mol. The van der Waals surface area contributed by atoms with Gasteiger partial charge in [-0.3, -0.25) is 4.79 Å². The summed E-state index contributed by atoms with van der Waals surface area (Å²) in [7, 11) is -1.48. The van der Waals surface area contributed by atoms with E-state index in [4.69, 9.17) is 16.3 Å². The maximum atomic E-state index is 14.3. The summed E-state index contributed by atoms with van der Waals surface area (Å²) >= 11 is 6.53. The van der Waals surface area contributed by atoms with Gasteiger partial charge in [-0.25, -0.2) is 27.1 Å². The molecule has 0 radical (unpaired) electrons. The fourth-order valence-corrected chi connectivity index (χ4v) is 6.18. The number of rotatable bonds is 6. The van der Waals surface area contributed by atoms with Crippen LogP contribution in [0.2, 0.25) is 4.34 Å². The van der Waals surface area contributed by atoms with Crippen LogP contribution in [0.25, 0.3) is 0 Å². The number of halogens is 2. The van der Waals surface area contributed by atoms with Gasteiger partial charge >= 0.3 is 12.0 Å². The summed E-state index contributed by atoms with van der Waals surface area (Å²) in [6.45, 7) is 0.260.